The molecule has 1 N–H and O–H groups in total. The number of ether oxygens (including phenoxy) is 2. The Bertz CT molecular complexity index is 522. The lowest BCUT2D eigenvalue weighted by atomic mass is 10.1. The zero-order chi connectivity index (χ0) is 18.3. The Morgan fingerprint density at radius 2 is 2.08 bits per heavy atom. The van der Waals surface area contributed by atoms with Crippen molar-refractivity contribution in [3.05, 3.63) is 10.9 Å². The van der Waals surface area contributed by atoms with Crippen LogP contribution in [0.5, 0.6) is 0 Å². The molecule has 0 radical (unpaired) electrons. The van der Waals surface area contributed by atoms with E-state index in [-0.39, 0.29) is 12.1 Å². The van der Waals surface area contributed by atoms with Crippen LogP contribution in [0, 0.1) is 0 Å². The van der Waals surface area contributed by atoms with Crippen molar-refractivity contribution >= 4 is 30.4 Å². The molecule has 0 aromatic carbocycles. The normalized spacial score (nSPS) is 20.2. The number of piperidine rings is 1. The topological polar surface area (TPSA) is 75.5 Å². The lowest BCUT2D eigenvalue weighted by Gasteiger charge is -2.32. The molecule has 136 valence electrons. The fourth-order valence-electron chi connectivity index (χ4n) is 2.22. The lowest BCUT2D eigenvalue weighted by molar-refractivity contribution is 0.0201. The van der Waals surface area contributed by atoms with Crippen molar-refractivity contribution in [2.75, 3.05) is 20.2 Å². The molecule has 0 aliphatic carbocycles. The summed E-state index contributed by atoms with van der Waals surface area (Å²) in [4.78, 5) is 22.2. The molecule has 0 spiro atoms. The largest absolute Gasteiger partial charge is 0.481 e. The first-order chi connectivity index (χ1) is 11.2. The van der Waals surface area contributed by atoms with Gasteiger partial charge in [-0.15, -0.1) is 0 Å². The van der Waals surface area contributed by atoms with Gasteiger partial charge >= 0.3 is 6.09 Å². The Labute approximate surface area is 148 Å². The van der Waals surface area contributed by atoms with Gasteiger partial charge in [0.25, 0.3) is 0 Å². The number of hydrogen-bond donors (Lipinski definition) is 1. The number of carbonyl (C=O) groups excluding carboxylic acids is 1. The molecule has 1 rings (SSSR count). The third-order valence-electron chi connectivity index (χ3n) is 3.25. The molecule has 1 fully saturated rings. The lowest BCUT2D eigenvalue weighted by Crippen LogP contribution is -2.44. The van der Waals surface area contributed by atoms with E-state index >= 15 is 0 Å². The quantitative estimate of drug-likeness (QED) is 0.478. The highest BCUT2D eigenvalue weighted by Crippen LogP contribution is 2.17. The van der Waals surface area contributed by atoms with Crippen LogP contribution in [0.1, 0.15) is 40.5 Å². The van der Waals surface area contributed by atoms with Crippen LogP contribution < -0.4 is 5.32 Å². The zero-order valence-electron chi connectivity index (χ0n) is 15.1. The maximum Gasteiger partial charge on any atom is 0.410 e. The standard InChI is InChI=1S/C16H27ClN4O3/c1-11(17)13(23-6)20-14(18-5)19-12-8-7-9-21(10-12)15(22)24-16(2,3)4/h12H,5,7-10H2,1-4,6H3,(H,19,20)/b13-11-/t12-/m1/s1. The van der Waals surface area contributed by atoms with Crippen molar-refractivity contribution in [3.63, 3.8) is 0 Å². The van der Waals surface area contributed by atoms with E-state index in [0.29, 0.717) is 30.0 Å². The first-order valence-electron chi connectivity index (χ1n) is 7.86. The monoisotopic (exact) mass is 358 g/mol. The van der Waals surface area contributed by atoms with Gasteiger partial charge in [-0.05, 0) is 47.3 Å². The summed E-state index contributed by atoms with van der Waals surface area (Å²) in [6.07, 6.45) is 1.38. The maximum atomic E-state index is 12.2. The molecule has 1 atom stereocenters. The second-order valence-corrected chi connectivity index (χ2v) is 7.09. The van der Waals surface area contributed by atoms with Crippen molar-refractivity contribution in [1.29, 1.82) is 0 Å². The van der Waals surface area contributed by atoms with Gasteiger partial charge in [-0.2, -0.15) is 0 Å². The average Bonchev–Trinajstić information content (AvgIpc) is 2.49. The van der Waals surface area contributed by atoms with Gasteiger partial charge in [-0.3, -0.25) is 5.32 Å². The van der Waals surface area contributed by atoms with E-state index in [1.54, 1.807) is 11.8 Å². The molecule has 1 aliphatic rings. The number of aliphatic imine (C=N–C) groups is 2. The maximum absolute atomic E-state index is 12.2. The number of amides is 1. The molecular formula is C16H27ClN4O3. The zero-order valence-corrected chi connectivity index (χ0v) is 15.8. The fourth-order valence-corrected chi connectivity index (χ4v) is 2.34. The van der Waals surface area contributed by atoms with E-state index in [2.05, 4.69) is 22.0 Å². The predicted octanol–water partition coefficient (Wildman–Crippen LogP) is 3.11. The minimum absolute atomic E-state index is 0.0898. The summed E-state index contributed by atoms with van der Waals surface area (Å²) in [5.41, 5.74) is -0.515. The number of hydrogen-bond acceptors (Lipinski definition) is 4. The Morgan fingerprint density at radius 3 is 2.58 bits per heavy atom. The number of carbonyl (C=O) groups is 1. The van der Waals surface area contributed by atoms with E-state index < -0.39 is 5.60 Å². The van der Waals surface area contributed by atoms with Gasteiger partial charge in [0.05, 0.1) is 18.2 Å². The number of rotatable bonds is 3. The summed E-state index contributed by atoms with van der Waals surface area (Å²) in [6, 6.07) is -0.0898. The number of nitrogens with zero attached hydrogens (tertiary/aromatic N) is 3. The molecule has 1 amide bonds. The fraction of sp³-hybridized carbons (Fsp3) is 0.688. The SMILES string of the molecule is C=NC(=N[C@@H]1CCCN(C(=O)OC(C)(C)C)C1)N/C(OC)=C(\C)Cl. The van der Waals surface area contributed by atoms with Gasteiger partial charge in [-0.25, -0.2) is 14.8 Å². The minimum atomic E-state index is -0.515. The molecule has 1 heterocycles. The molecule has 0 aromatic rings. The predicted molar refractivity (Wildman–Crippen MR) is 96.5 cm³/mol. The van der Waals surface area contributed by atoms with Crippen LogP contribution >= 0.6 is 11.6 Å². The Kier molecular flexibility index (Phi) is 7.54. The second-order valence-electron chi connectivity index (χ2n) is 6.52. The first-order valence-corrected chi connectivity index (χ1v) is 8.24. The summed E-state index contributed by atoms with van der Waals surface area (Å²) >= 11 is 5.92. The minimum Gasteiger partial charge on any atom is -0.481 e. The summed E-state index contributed by atoms with van der Waals surface area (Å²) < 4.78 is 10.5. The Balaban J connectivity index is 2.77. The molecule has 0 bridgehead atoms. The van der Waals surface area contributed by atoms with E-state index in [9.17, 15) is 4.79 Å². The molecule has 24 heavy (non-hydrogen) atoms. The molecular weight excluding hydrogens is 332 g/mol. The van der Waals surface area contributed by atoms with Crippen LogP contribution in [0.3, 0.4) is 0 Å². The number of guanidine groups is 1. The molecule has 0 saturated carbocycles. The number of nitrogens with one attached hydrogen (secondary N) is 1. The average molecular weight is 359 g/mol. The van der Waals surface area contributed by atoms with Crippen LogP contribution in [0.15, 0.2) is 20.9 Å². The van der Waals surface area contributed by atoms with E-state index in [1.165, 1.54) is 7.11 Å². The van der Waals surface area contributed by atoms with Crippen LogP contribution in [0.25, 0.3) is 0 Å². The third kappa shape index (κ3) is 6.78. The van der Waals surface area contributed by atoms with Gasteiger partial charge in [0.2, 0.25) is 11.8 Å². The van der Waals surface area contributed by atoms with Crippen molar-refractivity contribution in [3.8, 4) is 0 Å². The van der Waals surface area contributed by atoms with Crippen LogP contribution in [-0.4, -0.2) is 55.5 Å². The number of allylic oxidation sites excluding steroid dienone is 1. The van der Waals surface area contributed by atoms with E-state index in [4.69, 9.17) is 21.1 Å². The number of halogens is 1. The van der Waals surface area contributed by atoms with Gasteiger partial charge in [-0.1, -0.05) is 11.6 Å². The number of likely N-dealkylation sites (tertiary alicyclic amines) is 1. The third-order valence-corrected chi connectivity index (χ3v) is 3.42. The van der Waals surface area contributed by atoms with Crippen molar-refractivity contribution in [2.24, 2.45) is 9.98 Å². The Hall–Kier alpha value is -1.76. The molecule has 0 unspecified atom stereocenters. The van der Waals surface area contributed by atoms with Gasteiger partial charge in [0.1, 0.15) is 5.60 Å². The highest BCUT2D eigenvalue weighted by Gasteiger charge is 2.27. The first kappa shape index (κ1) is 20.3. The Morgan fingerprint density at radius 1 is 1.42 bits per heavy atom. The summed E-state index contributed by atoms with van der Waals surface area (Å²) in [6.45, 7) is 11.9. The highest BCUT2D eigenvalue weighted by atomic mass is 35.5. The molecule has 0 aromatic heterocycles. The second kappa shape index (κ2) is 8.92. The van der Waals surface area contributed by atoms with Crippen molar-refractivity contribution < 1.29 is 14.3 Å². The molecule has 7 nitrogen and oxygen atoms in total. The van der Waals surface area contributed by atoms with E-state index in [0.717, 1.165) is 12.8 Å². The smallest absolute Gasteiger partial charge is 0.410 e. The van der Waals surface area contributed by atoms with Crippen LogP contribution in [0.2, 0.25) is 0 Å². The van der Waals surface area contributed by atoms with Gasteiger partial charge in [0, 0.05) is 13.1 Å². The summed E-state index contributed by atoms with van der Waals surface area (Å²) in [5, 5.41) is 3.35. The molecule has 8 heteroatoms. The summed E-state index contributed by atoms with van der Waals surface area (Å²) in [5.74, 6) is 0.672. The van der Waals surface area contributed by atoms with Crippen LogP contribution in [0.4, 0.5) is 4.79 Å². The summed E-state index contributed by atoms with van der Waals surface area (Å²) in [7, 11) is 1.50. The van der Waals surface area contributed by atoms with Gasteiger partial charge < -0.3 is 14.4 Å². The van der Waals surface area contributed by atoms with Crippen LogP contribution in [-0.2, 0) is 9.47 Å². The highest BCUT2D eigenvalue weighted by molar-refractivity contribution is 6.29. The van der Waals surface area contributed by atoms with Crippen molar-refractivity contribution in [1.82, 2.24) is 10.2 Å². The van der Waals surface area contributed by atoms with E-state index in [1.807, 2.05) is 20.8 Å². The number of methoxy groups -OCH3 is 1. The molecule has 1 saturated heterocycles. The van der Waals surface area contributed by atoms with Crippen molar-refractivity contribution in [2.45, 2.75) is 52.2 Å². The molecule has 1 aliphatic heterocycles. The van der Waals surface area contributed by atoms with Gasteiger partial charge in [0.15, 0.2) is 0 Å².